The number of carboxylic acid groups (broad SMARTS) is 1. The van der Waals surface area contributed by atoms with E-state index in [0.717, 1.165) is 17.0 Å². The van der Waals surface area contributed by atoms with Crippen molar-refractivity contribution in [2.45, 2.75) is 39.5 Å². The van der Waals surface area contributed by atoms with Gasteiger partial charge in [0.2, 0.25) is 0 Å². The molecule has 1 saturated carbocycles. The van der Waals surface area contributed by atoms with E-state index < -0.39 is 11.4 Å². The van der Waals surface area contributed by atoms with Crippen molar-refractivity contribution in [1.29, 1.82) is 0 Å². The van der Waals surface area contributed by atoms with E-state index >= 15 is 0 Å². The van der Waals surface area contributed by atoms with Gasteiger partial charge in [0, 0.05) is 18.3 Å². The van der Waals surface area contributed by atoms with Gasteiger partial charge in [-0.3, -0.25) is 9.48 Å². The average Bonchev–Trinajstić information content (AvgIpc) is 2.60. The van der Waals surface area contributed by atoms with E-state index in [2.05, 4.69) is 5.10 Å². The molecule has 0 bridgehead atoms. The number of aryl methyl sites for hydroxylation is 2. The minimum Gasteiger partial charge on any atom is -0.481 e. The van der Waals surface area contributed by atoms with Crippen LogP contribution in [0, 0.1) is 19.3 Å². The normalized spacial score (nSPS) is 26.8. The van der Waals surface area contributed by atoms with E-state index in [9.17, 15) is 9.90 Å². The minimum atomic E-state index is -0.727. The van der Waals surface area contributed by atoms with Gasteiger partial charge in [-0.25, -0.2) is 0 Å². The van der Waals surface area contributed by atoms with E-state index in [1.165, 1.54) is 0 Å². The molecule has 88 valence electrons. The van der Waals surface area contributed by atoms with Crippen LogP contribution in [0.25, 0.3) is 0 Å². The average molecular weight is 222 g/mol. The maximum atomic E-state index is 11.6. The van der Waals surface area contributed by atoms with Crippen molar-refractivity contribution in [3.63, 3.8) is 0 Å². The lowest BCUT2D eigenvalue weighted by molar-refractivity contribution is -0.141. The largest absolute Gasteiger partial charge is 0.481 e. The van der Waals surface area contributed by atoms with Gasteiger partial charge in [0.15, 0.2) is 0 Å². The van der Waals surface area contributed by atoms with Crippen LogP contribution in [0.15, 0.2) is 0 Å². The van der Waals surface area contributed by atoms with Crippen molar-refractivity contribution < 1.29 is 9.90 Å². The third-order valence-corrected chi connectivity index (χ3v) is 4.04. The quantitative estimate of drug-likeness (QED) is 0.830. The number of aliphatic carboxylic acids is 1. The fourth-order valence-corrected chi connectivity index (χ4v) is 2.91. The van der Waals surface area contributed by atoms with E-state index in [4.69, 9.17) is 0 Å². The summed E-state index contributed by atoms with van der Waals surface area (Å²) in [6.45, 7) is 7.84. The van der Waals surface area contributed by atoms with Crippen molar-refractivity contribution in [2.75, 3.05) is 0 Å². The summed E-state index contributed by atoms with van der Waals surface area (Å²) in [5.41, 5.74) is 1.82. The van der Waals surface area contributed by atoms with Crippen LogP contribution < -0.4 is 0 Å². The van der Waals surface area contributed by atoms with Crippen LogP contribution in [0.1, 0.15) is 37.2 Å². The van der Waals surface area contributed by atoms with Crippen molar-refractivity contribution in [3.05, 3.63) is 17.0 Å². The maximum Gasteiger partial charge on any atom is 0.314 e. The van der Waals surface area contributed by atoms with Crippen LogP contribution in [-0.2, 0) is 17.3 Å². The zero-order chi connectivity index (χ0) is 12.3. The summed E-state index contributed by atoms with van der Waals surface area (Å²) in [5.74, 6) is -0.725. The standard InChI is InChI=1S/C12H18N2O2/c1-7-9(8(2)14(5)13-7)12(10(15)16)6-11(12,3)4/h6H2,1-5H3,(H,15,16). The molecule has 1 aromatic rings. The molecular weight excluding hydrogens is 204 g/mol. The predicted molar refractivity (Wildman–Crippen MR) is 60.4 cm³/mol. The highest BCUT2D eigenvalue weighted by Gasteiger charge is 2.69. The number of carbonyl (C=O) groups is 1. The lowest BCUT2D eigenvalue weighted by Gasteiger charge is -2.16. The Labute approximate surface area is 95.3 Å². The van der Waals surface area contributed by atoms with Crippen LogP contribution in [0.2, 0.25) is 0 Å². The van der Waals surface area contributed by atoms with Gasteiger partial charge >= 0.3 is 5.97 Å². The van der Waals surface area contributed by atoms with Crippen molar-refractivity contribution >= 4 is 5.97 Å². The molecule has 1 aliphatic carbocycles. The van der Waals surface area contributed by atoms with Gasteiger partial charge in [0.25, 0.3) is 0 Å². The van der Waals surface area contributed by atoms with Crippen LogP contribution in [0.5, 0.6) is 0 Å². The Bertz CT molecular complexity index is 474. The molecule has 1 aromatic heterocycles. The van der Waals surface area contributed by atoms with Gasteiger partial charge < -0.3 is 5.11 Å². The Hall–Kier alpha value is -1.32. The van der Waals surface area contributed by atoms with Crippen molar-refractivity contribution in [3.8, 4) is 0 Å². The summed E-state index contributed by atoms with van der Waals surface area (Å²) in [7, 11) is 1.86. The molecule has 1 aliphatic rings. The number of rotatable bonds is 2. The zero-order valence-corrected chi connectivity index (χ0v) is 10.5. The first-order valence-corrected chi connectivity index (χ1v) is 5.48. The Morgan fingerprint density at radius 1 is 1.44 bits per heavy atom. The van der Waals surface area contributed by atoms with Gasteiger partial charge in [0.1, 0.15) is 5.41 Å². The van der Waals surface area contributed by atoms with Gasteiger partial charge in [-0.1, -0.05) is 13.8 Å². The number of carboxylic acids is 1. The third-order valence-electron chi connectivity index (χ3n) is 4.04. The minimum absolute atomic E-state index is 0.169. The summed E-state index contributed by atoms with van der Waals surface area (Å²) >= 11 is 0. The highest BCUT2D eigenvalue weighted by atomic mass is 16.4. The SMILES string of the molecule is Cc1nn(C)c(C)c1C1(C(=O)O)CC1(C)C. The number of hydrogen-bond donors (Lipinski definition) is 1. The van der Waals surface area contributed by atoms with Crippen LogP contribution in [0.4, 0.5) is 0 Å². The molecule has 4 heteroatoms. The Balaban J connectivity index is 2.64. The van der Waals surface area contributed by atoms with Crippen LogP contribution in [-0.4, -0.2) is 20.9 Å². The topological polar surface area (TPSA) is 55.1 Å². The van der Waals surface area contributed by atoms with E-state index in [-0.39, 0.29) is 5.41 Å². The van der Waals surface area contributed by atoms with E-state index in [0.29, 0.717) is 6.42 Å². The predicted octanol–water partition coefficient (Wildman–Crippen LogP) is 1.79. The number of nitrogens with zero attached hydrogens (tertiary/aromatic N) is 2. The lowest BCUT2D eigenvalue weighted by atomic mass is 9.86. The molecule has 1 N–H and O–H groups in total. The van der Waals surface area contributed by atoms with E-state index in [1.54, 1.807) is 4.68 Å². The molecule has 0 radical (unpaired) electrons. The van der Waals surface area contributed by atoms with Gasteiger partial charge in [-0.05, 0) is 25.7 Å². The van der Waals surface area contributed by atoms with Crippen LogP contribution in [0.3, 0.4) is 0 Å². The molecule has 2 rings (SSSR count). The summed E-state index contributed by atoms with van der Waals surface area (Å²) < 4.78 is 1.77. The Morgan fingerprint density at radius 3 is 2.19 bits per heavy atom. The lowest BCUT2D eigenvalue weighted by Crippen LogP contribution is -2.27. The Kier molecular flexibility index (Phi) is 2.00. The summed E-state index contributed by atoms with van der Waals surface area (Å²) in [6, 6.07) is 0. The zero-order valence-electron chi connectivity index (χ0n) is 10.5. The van der Waals surface area contributed by atoms with Crippen molar-refractivity contribution in [1.82, 2.24) is 9.78 Å². The molecule has 0 amide bonds. The molecule has 1 atom stereocenters. The summed E-state index contributed by atoms with van der Waals surface area (Å²) in [5, 5.41) is 13.8. The maximum absolute atomic E-state index is 11.6. The molecular formula is C12H18N2O2. The Morgan fingerprint density at radius 2 is 1.94 bits per heavy atom. The molecule has 0 spiro atoms. The van der Waals surface area contributed by atoms with Gasteiger partial charge in [0.05, 0.1) is 5.69 Å². The summed E-state index contributed by atoms with van der Waals surface area (Å²) in [6.07, 6.45) is 0.697. The smallest absolute Gasteiger partial charge is 0.314 e. The second-order valence-electron chi connectivity index (χ2n) is 5.44. The highest BCUT2D eigenvalue weighted by Crippen LogP contribution is 2.65. The fourth-order valence-electron chi connectivity index (χ4n) is 2.91. The van der Waals surface area contributed by atoms with Crippen LogP contribution >= 0.6 is 0 Å². The first-order chi connectivity index (χ1) is 7.24. The highest BCUT2D eigenvalue weighted by molar-refractivity contribution is 5.87. The number of aromatic nitrogens is 2. The third kappa shape index (κ3) is 1.10. The first kappa shape index (κ1) is 11.2. The molecule has 16 heavy (non-hydrogen) atoms. The van der Waals surface area contributed by atoms with Gasteiger partial charge in [-0.2, -0.15) is 5.10 Å². The molecule has 0 aliphatic heterocycles. The second-order valence-corrected chi connectivity index (χ2v) is 5.44. The number of hydrogen-bond acceptors (Lipinski definition) is 2. The van der Waals surface area contributed by atoms with Crippen molar-refractivity contribution in [2.24, 2.45) is 12.5 Å². The molecule has 0 saturated heterocycles. The molecule has 0 aromatic carbocycles. The molecule has 4 nitrogen and oxygen atoms in total. The van der Waals surface area contributed by atoms with Gasteiger partial charge in [-0.15, -0.1) is 0 Å². The van der Waals surface area contributed by atoms with E-state index in [1.807, 2.05) is 34.7 Å². The summed E-state index contributed by atoms with van der Waals surface area (Å²) in [4.78, 5) is 11.6. The second kappa shape index (κ2) is 2.87. The molecule has 1 heterocycles. The first-order valence-electron chi connectivity index (χ1n) is 5.48. The molecule has 1 unspecified atom stereocenters. The fraction of sp³-hybridized carbons (Fsp3) is 0.667. The molecule has 1 fully saturated rings. The monoisotopic (exact) mass is 222 g/mol.